The van der Waals surface area contributed by atoms with Gasteiger partial charge in [-0.1, -0.05) is 12.1 Å². The Morgan fingerprint density at radius 3 is 2.68 bits per heavy atom. The third kappa shape index (κ3) is 2.11. The molecule has 3 heteroatoms. The number of hydrogen-bond acceptors (Lipinski definition) is 3. The first-order valence-electron chi connectivity index (χ1n) is 7.23. The summed E-state index contributed by atoms with van der Waals surface area (Å²) in [4.78, 5) is 4.60. The molecular formula is C19H15NO2. The zero-order valence-corrected chi connectivity index (χ0v) is 12.5. The largest absolute Gasteiger partial charge is 0.464 e. The lowest BCUT2D eigenvalue weighted by atomic mass is 10.0. The number of nitrogens with zero attached hydrogens (tertiary/aromatic N) is 1. The number of furan rings is 1. The summed E-state index contributed by atoms with van der Waals surface area (Å²) in [5, 5.41) is 0. The van der Waals surface area contributed by atoms with Gasteiger partial charge in [-0.2, -0.15) is 0 Å². The van der Waals surface area contributed by atoms with E-state index >= 15 is 0 Å². The summed E-state index contributed by atoms with van der Waals surface area (Å²) >= 11 is 0. The number of fused-ring (bicyclic) bond motifs is 1. The van der Waals surface area contributed by atoms with E-state index in [2.05, 4.69) is 31.0 Å². The molecule has 4 rings (SSSR count). The molecule has 0 bridgehead atoms. The number of aromatic nitrogens is 1. The molecule has 0 radical (unpaired) electrons. The third-order valence-corrected chi connectivity index (χ3v) is 3.81. The van der Waals surface area contributed by atoms with Gasteiger partial charge < -0.3 is 8.83 Å². The Bertz CT molecular complexity index is 949. The van der Waals surface area contributed by atoms with Gasteiger partial charge in [0.25, 0.3) is 0 Å². The second-order valence-corrected chi connectivity index (χ2v) is 5.50. The fourth-order valence-electron chi connectivity index (χ4n) is 2.61. The lowest BCUT2D eigenvalue weighted by Crippen LogP contribution is -1.84. The van der Waals surface area contributed by atoms with Crippen LogP contribution in [0, 0.1) is 13.8 Å². The number of hydrogen-bond donors (Lipinski definition) is 0. The highest BCUT2D eigenvalue weighted by Gasteiger charge is 2.12. The Kier molecular flexibility index (Phi) is 2.86. The Morgan fingerprint density at radius 1 is 0.955 bits per heavy atom. The van der Waals surface area contributed by atoms with Crippen molar-refractivity contribution >= 4 is 11.1 Å². The van der Waals surface area contributed by atoms with Crippen molar-refractivity contribution in [1.82, 2.24) is 4.98 Å². The van der Waals surface area contributed by atoms with Gasteiger partial charge in [-0.15, -0.1) is 0 Å². The molecule has 0 N–H and O–H groups in total. The highest BCUT2D eigenvalue weighted by atomic mass is 16.3. The summed E-state index contributed by atoms with van der Waals surface area (Å²) < 4.78 is 11.4. The summed E-state index contributed by atoms with van der Waals surface area (Å²) in [6.45, 7) is 4.12. The molecule has 22 heavy (non-hydrogen) atoms. The molecule has 0 aliphatic heterocycles. The first-order chi connectivity index (χ1) is 10.7. The van der Waals surface area contributed by atoms with Crippen molar-refractivity contribution in [2.24, 2.45) is 0 Å². The molecule has 0 aliphatic rings. The Balaban J connectivity index is 1.86. The van der Waals surface area contributed by atoms with Gasteiger partial charge in [0.1, 0.15) is 11.3 Å². The van der Waals surface area contributed by atoms with Gasteiger partial charge >= 0.3 is 0 Å². The van der Waals surface area contributed by atoms with Crippen LogP contribution in [0.1, 0.15) is 11.1 Å². The predicted octanol–water partition coefficient (Wildman–Crippen LogP) is 5.37. The van der Waals surface area contributed by atoms with Crippen LogP contribution in [0.2, 0.25) is 0 Å². The van der Waals surface area contributed by atoms with Crippen molar-refractivity contribution in [3.05, 3.63) is 65.9 Å². The number of rotatable bonds is 2. The van der Waals surface area contributed by atoms with Crippen LogP contribution in [0.4, 0.5) is 0 Å². The zero-order valence-electron chi connectivity index (χ0n) is 12.5. The van der Waals surface area contributed by atoms with Crippen molar-refractivity contribution in [3.8, 4) is 22.8 Å². The quantitative estimate of drug-likeness (QED) is 0.498. The first kappa shape index (κ1) is 12.9. The van der Waals surface area contributed by atoms with Crippen LogP contribution >= 0.6 is 0 Å². The minimum absolute atomic E-state index is 0.633. The highest BCUT2D eigenvalue weighted by Crippen LogP contribution is 2.31. The molecule has 0 aliphatic carbocycles. The lowest BCUT2D eigenvalue weighted by Gasteiger charge is -2.04. The van der Waals surface area contributed by atoms with E-state index in [1.54, 1.807) is 6.26 Å². The fraction of sp³-hybridized carbons (Fsp3) is 0.105. The van der Waals surface area contributed by atoms with E-state index in [4.69, 9.17) is 8.83 Å². The molecule has 2 aromatic heterocycles. The number of oxazole rings is 1. The second-order valence-electron chi connectivity index (χ2n) is 5.50. The molecule has 0 saturated carbocycles. The second kappa shape index (κ2) is 4.88. The molecule has 2 heterocycles. The molecule has 4 aromatic rings. The van der Waals surface area contributed by atoms with Crippen LogP contribution in [0.25, 0.3) is 33.9 Å². The van der Waals surface area contributed by atoms with E-state index in [0.29, 0.717) is 5.89 Å². The van der Waals surface area contributed by atoms with Crippen LogP contribution in [0.15, 0.2) is 63.6 Å². The number of benzene rings is 2. The summed E-state index contributed by atoms with van der Waals surface area (Å²) in [5.41, 5.74) is 6.03. The summed E-state index contributed by atoms with van der Waals surface area (Å²) in [6, 6.07) is 16.0. The summed E-state index contributed by atoms with van der Waals surface area (Å²) in [5.74, 6) is 1.49. The molecule has 0 fully saturated rings. The lowest BCUT2D eigenvalue weighted by molar-refractivity contribution is 0.582. The van der Waals surface area contributed by atoms with Gasteiger partial charge in [-0.3, -0.25) is 0 Å². The molecule has 108 valence electrons. The van der Waals surface area contributed by atoms with E-state index in [-0.39, 0.29) is 0 Å². The normalized spacial score (nSPS) is 11.2. The standard InChI is InChI=1S/C19H15NO2/c1-12-5-8-18-16(10-12)20-19(22-18)14-7-6-13(2)15(11-14)17-4-3-9-21-17/h3-11H,1-2H3. The van der Waals surface area contributed by atoms with Crippen molar-refractivity contribution in [3.63, 3.8) is 0 Å². The van der Waals surface area contributed by atoms with Crippen molar-refractivity contribution in [2.45, 2.75) is 13.8 Å². The minimum Gasteiger partial charge on any atom is -0.464 e. The molecule has 0 atom stereocenters. The summed E-state index contributed by atoms with van der Waals surface area (Å²) in [7, 11) is 0. The molecule has 0 amide bonds. The average Bonchev–Trinajstić information content (AvgIpc) is 3.16. The van der Waals surface area contributed by atoms with Gasteiger partial charge in [-0.05, 0) is 61.4 Å². The van der Waals surface area contributed by atoms with Gasteiger partial charge in [0.15, 0.2) is 5.58 Å². The molecule has 0 spiro atoms. The SMILES string of the molecule is Cc1ccc2oc(-c3ccc(C)c(-c4ccco4)c3)nc2c1. The minimum atomic E-state index is 0.633. The Morgan fingerprint density at radius 2 is 1.86 bits per heavy atom. The van der Waals surface area contributed by atoms with Crippen LogP contribution in [-0.4, -0.2) is 4.98 Å². The maximum Gasteiger partial charge on any atom is 0.227 e. The Hall–Kier alpha value is -2.81. The molecule has 3 nitrogen and oxygen atoms in total. The molecule has 2 aromatic carbocycles. The highest BCUT2D eigenvalue weighted by molar-refractivity contribution is 5.78. The number of aryl methyl sites for hydroxylation is 2. The van der Waals surface area contributed by atoms with E-state index in [9.17, 15) is 0 Å². The zero-order chi connectivity index (χ0) is 15.1. The van der Waals surface area contributed by atoms with Crippen molar-refractivity contribution < 1.29 is 8.83 Å². The van der Waals surface area contributed by atoms with Gasteiger partial charge in [-0.25, -0.2) is 4.98 Å². The van der Waals surface area contributed by atoms with Crippen molar-refractivity contribution in [1.29, 1.82) is 0 Å². The summed E-state index contributed by atoms with van der Waals surface area (Å²) in [6.07, 6.45) is 1.68. The van der Waals surface area contributed by atoms with Gasteiger partial charge in [0.05, 0.1) is 6.26 Å². The third-order valence-electron chi connectivity index (χ3n) is 3.81. The monoisotopic (exact) mass is 289 g/mol. The Labute approximate surface area is 128 Å². The maximum absolute atomic E-state index is 5.88. The van der Waals surface area contributed by atoms with E-state index in [0.717, 1.165) is 33.6 Å². The van der Waals surface area contributed by atoms with Crippen LogP contribution in [0.3, 0.4) is 0 Å². The molecular weight excluding hydrogens is 274 g/mol. The molecule has 0 unspecified atom stereocenters. The maximum atomic E-state index is 5.88. The first-order valence-corrected chi connectivity index (χ1v) is 7.23. The van der Waals surface area contributed by atoms with E-state index in [1.165, 1.54) is 5.56 Å². The van der Waals surface area contributed by atoms with E-state index in [1.807, 2.05) is 36.4 Å². The molecule has 0 saturated heterocycles. The van der Waals surface area contributed by atoms with Crippen molar-refractivity contribution in [2.75, 3.05) is 0 Å². The van der Waals surface area contributed by atoms with Gasteiger partial charge in [0, 0.05) is 11.1 Å². The van der Waals surface area contributed by atoms with E-state index < -0.39 is 0 Å². The van der Waals surface area contributed by atoms with Crippen LogP contribution in [0.5, 0.6) is 0 Å². The van der Waals surface area contributed by atoms with Crippen LogP contribution < -0.4 is 0 Å². The van der Waals surface area contributed by atoms with Crippen LogP contribution in [-0.2, 0) is 0 Å². The smallest absolute Gasteiger partial charge is 0.227 e. The topological polar surface area (TPSA) is 39.2 Å². The average molecular weight is 289 g/mol. The van der Waals surface area contributed by atoms with Gasteiger partial charge in [0.2, 0.25) is 5.89 Å². The predicted molar refractivity (Wildman–Crippen MR) is 86.6 cm³/mol. The fourth-order valence-corrected chi connectivity index (χ4v) is 2.61.